The largest absolute Gasteiger partial charge is 0.467 e. The molecule has 132 valence electrons. The molecule has 0 aliphatic rings. The summed E-state index contributed by atoms with van der Waals surface area (Å²) in [6.45, 7) is 1.70. The Hall–Kier alpha value is -3.09. The van der Waals surface area contributed by atoms with E-state index in [1.54, 1.807) is 43.4 Å². The van der Waals surface area contributed by atoms with Gasteiger partial charge in [-0.25, -0.2) is 0 Å². The predicted octanol–water partition coefficient (Wildman–Crippen LogP) is 1.56. The molecule has 0 aliphatic carbocycles. The van der Waals surface area contributed by atoms with Crippen LogP contribution in [0.1, 0.15) is 18.2 Å². The lowest BCUT2D eigenvalue weighted by Gasteiger charge is -2.16. The summed E-state index contributed by atoms with van der Waals surface area (Å²) in [5.41, 5.74) is 1.48. The summed E-state index contributed by atoms with van der Waals surface area (Å²) < 4.78 is 5.13. The molecule has 25 heavy (non-hydrogen) atoms. The highest BCUT2D eigenvalue weighted by Crippen LogP contribution is 2.10. The highest BCUT2D eigenvalue weighted by Gasteiger charge is 2.13. The molecule has 0 bridgehead atoms. The van der Waals surface area contributed by atoms with Gasteiger partial charge in [-0.3, -0.25) is 14.4 Å². The molecule has 3 amide bonds. The molecule has 0 spiro atoms. The SMILES string of the molecule is CC(=O)Nc1ccc(CC(=O)N(C)CC(=O)NCc2ccco2)cc1. The molecule has 1 aromatic carbocycles. The van der Waals surface area contributed by atoms with E-state index in [2.05, 4.69) is 10.6 Å². The van der Waals surface area contributed by atoms with E-state index in [-0.39, 0.29) is 30.7 Å². The van der Waals surface area contributed by atoms with Crippen molar-refractivity contribution in [2.24, 2.45) is 0 Å². The zero-order valence-electron chi connectivity index (χ0n) is 14.2. The van der Waals surface area contributed by atoms with Gasteiger partial charge in [0.25, 0.3) is 0 Å². The van der Waals surface area contributed by atoms with Gasteiger partial charge >= 0.3 is 0 Å². The average molecular weight is 343 g/mol. The van der Waals surface area contributed by atoms with Crippen molar-refractivity contribution in [1.29, 1.82) is 0 Å². The number of likely N-dealkylation sites (N-methyl/N-ethyl adjacent to an activating group) is 1. The maximum Gasteiger partial charge on any atom is 0.239 e. The Bertz CT molecular complexity index is 723. The van der Waals surface area contributed by atoms with E-state index < -0.39 is 0 Å². The lowest BCUT2D eigenvalue weighted by molar-refractivity contribution is -0.134. The second-order valence-corrected chi connectivity index (χ2v) is 5.66. The zero-order valence-corrected chi connectivity index (χ0v) is 14.2. The maximum atomic E-state index is 12.2. The molecule has 7 nitrogen and oxygen atoms in total. The van der Waals surface area contributed by atoms with Crippen molar-refractivity contribution in [2.45, 2.75) is 19.9 Å². The summed E-state index contributed by atoms with van der Waals surface area (Å²) in [5.74, 6) is 0.0828. The molecular weight excluding hydrogens is 322 g/mol. The molecule has 0 radical (unpaired) electrons. The van der Waals surface area contributed by atoms with Gasteiger partial charge in [-0.15, -0.1) is 0 Å². The van der Waals surface area contributed by atoms with Gasteiger partial charge in [0.05, 0.1) is 25.8 Å². The van der Waals surface area contributed by atoms with Gasteiger partial charge in [-0.05, 0) is 29.8 Å². The molecule has 0 aliphatic heterocycles. The fourth-order valence-corrected chi connectivity index (χ4v) is 2.18. The molecule has 0 saturated heterocycles. The molecule has 0 atom stereocenters. The van der Waals surface area contributed by atoms with E-state index in [4.69, 9.17) is 4.42 Å². The van der Waals surface area contributed by atoms with Crippen LogP contribution in [-0.2, 0) is 27.3 Å². The third kappa shape index (κ3) is 6.14. The Morgan fingerprint density at radius 3 is 2.44 bits per heavy atom. The van der Waals surface area contributed by atoms with Gasteiger partial charge in [-0.1, -0.05) is 12.1 Å². The molecule has 1 heterocycles. The highest BCUT2D eigenvalue weighted by molar-refractivity contribution is 5.89. The number of carbonyl (C=O) groups is 3. The molecule has 0 fully saturated rings. The van der Waals surface area contributed by atoms with Crippen molar-refractivity contribution >= 4 is 23.4 Å². The number of anilines is 1. The van der Waals surface area contributed by atoms with E-state index in [1.807, 2.05) is 0 Å². The number of benzene rings is 1. The third-order valence-corrected chi connectivity index (χ3v) is 3.48. The Morgan fingerprint density at radius 2 is 1.84 bits per heavy atom. The second-order valence-electron chi connectivity index (χ2n) is 5.66. The molecule has 2 rings (SSSR count). The first-order chi connectivity index (χ1) is 11.9. The number of furan rings is 1. The number of hydrogen-bond donors (Lipinski definition) is 2. The Kier molecular flexibility index (Phi) is 6.33. The van der Waals surface area contributed by atoms with Gasteiger partial charge in [0.15, 0.2) is 0 Å². The van der Waals surface area contributed by atoms with Crippen LogP contribution >= 0.6 is 0 Å². The van der Waals surface area contributed by atoms with E-state index in [0.29, 0.717) is 18.0 Å². The number of rotatable bonds is 7. The van der Waals surface area contributed by atoms with Crippen molar-refractivity contribution in [1.82, 2.24) is 10.2 Å². The standard InChI is InChI=1S/C18H21N3O4/c1-13(22)20-15-7-5-14(6-8-15)10-18(24)21(2)12-17(23)19-11-16-4-3-9-25-16/h3-9H,10-12H2,1-2H3,(H,19,23)(H,20,22). The first kappa shape index (κ1) is 18.3. The zero-order chi connectivity index (χ0) is 18.2. The molecule has 0 saturated carbocycles. The quantitative estimate of drug-likeness (QED) is 0.798. The summed E-state index contributed by atoms with van der Waals surface area (Å²) in [7, 11) is 1.58. The van der Waals surface area contributed by atoms with Crippen LogP contribution in [0.3, 0.4) is 0 Å². The molecule has 0 unspecified atom stereocenters. The van der Waals surface area contributed by atoms with Crippen LogP contribution < -0.4 is 10.6 Å². The molecule has 7 heteroatoms. The van der Waals surface area contributed by atoms with Crippen LogP contribution in [0.4, 0.5) is 5.69 Å². The Labute approximate surface area is 146 Å². The van der Waals surface area contributed by atoms with Gasteiger partial charge in [-0.2, -0.15) is 0 Å². The van der Waals surface area contributed by atoms with Crippen molar-refractivity contribution in [2.75, 3.05) is 18.9 Å². The minimum atomic E-state index is -0.256. The van der Waals surface area contributed by atoms with Gasteiger partial charge in [0, 0.05) is 19.7 Å². The Balaban J connectivity index is 1.79. The minimum absolute atomic E-state index is 0.0243. The van der Waals surface area contributed by atoms with Crippen LogP contribution in [0.5, 0.6) is 0 Å². The van der Waals surface area contributed by atoms with E-state index >= 15 is 0 Å². The summed E-state index contributed by atoms with van der Waals surface area (Å²) in [5, 5.41) is 5.36. The minimum Gasteiger partial charge on any atom is -0.467 e. The van der Waals surface area contributed by atoms with E-state index in [1.165, 1.54) is 18.1 Å². The fraction of sp³-hybridized carbons (Fsp3) is 0.278. The molecule has 2 aromatic rings. The van der Waals surface area contributed by atoms with Crippen LogP contribution in [0.2, 0.25) is 0 Å². The molecule has 1 aromatic heterocycles. The Morgan fingerprint density at radius 1 is 1.12 bits per heavy atom. The normalized spacial score (nSPS) is 10.2. The summed E-state index contributed by atoms with van der Waals surface area (Å²) >= 11 is 0. The highest BCUT2D eigenvalue weighted by atomic mass is 16.3. The maximum absolute atomic E-state index is 12.2. The topological polar surface area (TPSA) is 91.7 Å². The van der Waals surface area contributed by atoms with Crippen molar-refractivity contribution in [3.8, 4) is 0 Å². The van der Waals surface area contributed by atoms with Crippen LogP contribution in [0, 0.1) is 0 Å². The lowest BCUT2D eigenvalue weighted by Crippen LogP contribution is -2.38. The smallest absolute Gasteiger partial charge is 0.239 e. The number of nitrogens with zero attached hydrogens (tertiary/aromatic N) is 1. The van der Waals surface area contributed by atoms with E-state index in [9.17, 15) is 14.4 Å². The second kappa shape index (κ2) is 8.68. The third-order valence-electron chi connectivity index (χ3n) is 3.48. The van der Waals surface area contributed by atoms with Crippen molar-refractivity contribution in [3.63, 3.8) is 0 Å². The van der Waals surface area contributed by atoms with Crippen LogP contribution in [0.25, 0.3) is 0 Å². The number of amides is 3. The average Bonchev–Trinajstić information content (AvgIpc) is 3.07. The molecular formula is C18H21N3O4. The van der Waals surface area contributed by atoms with Gasteiger partial charge < -0.3 is 20.0 Å². The first-order valence-corrected chi connectivity index (χ1v) is 7.83. The number of carbonyl (C=O) groups excluding carboxylic acids is 3. The number of hydrogen-bond acceptors (Lipinski definition) is 4. The van der Waals surface area contributed by atoms with Gasteiger partial charge in [0.1, 0.15) is 5.76 Å². The van der Waals surface area contributed by atoms with Crippen molar-refractivity contribution in [3.05, 3.63) is 54.0 Å². The number of nitrogens with one attached hydrogen (secondary N) is 2. The predicted molar refractivity (Wildman–Crippen MR) is 92.6 cm³/mol. The van der Waals surface area contributed by atoms with Crippen LogP contribution in [0.15, 0.2) is 47.1 Å². The van der Waals surface area contributed by atoms with Crippen molar-refractivity contribution < 1.29 is 18.8 Å². The van der Waals surface area contributed by atoms with E-state index in [0.717, 1.165) is 5.56 Å². The summed E-state index contributed by atoms with van der Waals surface area (Å²) in [6.07, 6.45) is 1.72. The van der Waals surface area contributed by atoms with Crippen LogP contribution in [-0.4, -0.2) is 36.2 Å². The fourth-order valence-electron chi connectivity index (χ4n) is 2.18. The van der Waals surface area contributed by atoms with Gasteiger partial charge in [0.2, 0.25) is 17.7 Å². The first-order valence-electron chi connectivity index (χ1n) is 7.83. The lowest BCUT2D eigenvalue weighted by atomic mass is 10.1. The summed E-state index contributed by atoms with van der Waals surface area (Å²) in [4.78, 5) is 36.4. The summed E-state index contributed by atoms with van der Waals surface area (Å²) in [6, 6.07) is 10.5. The molecule has 2 N–H and O–H groups in total. The monoisotopic (exact) mass is 343 g/mol.